The third-order valence-electron chi connectivity index (χ3n) is 3.35. The van der Waals surface area contributed by atoms with Gasteiger partial charge in [-0.1, -0.05) is 11.6 Å². The molecule has 1 atom stereocenters. The molecular formula is C17H24ClNO4. The number of ether oxygens (including phenoxy) is 3. The molecule has 2 rings (SSSR count). The summed E-state index contributed by atoms with van der Waals surface area (Å²) in [5.41, 5.74) is 0.472. The summed E-state index contributed by atoms with van der Waals surface area (Å²) >= 11 is 5.93. The molecule has 1 aromatic carbocycles. The molecule has 0 aliphatic carbocycles. The third-order valence-corrected chi connectivity index (χ3v) is 3.59. The highest BCUT2D eigenvalue weighted by Gasteiger charge is 2.28. The van der Waals surface area contributed by atoms with Gasteiger partial charge in [0.05, 0.1) is 13.2 Å². The minimum atomic E-state index is -0.498. The molecule has 0 radical (unpaired) electrons. The number of aryl methyl sites for hydroxylation is 1. The maximum Gasteiger partial charge on any atom is 0.410 e. The van der Waals surface area contributed by atoms with Crippen LogP contribution < -0.4 is 4.74 Å². The molecule has 1 amide bonds. The molecule has 23 heavy (non-hydrogen) atoms. The molecule has 1 aromatic rings. The van der Waals surface area contributed by atoms with Crippen molar-refractivity contribution in [2.24, 2.45) is 0 Å². The van der Waals surface area contributed by atoms with Gasteiger partial charge in [-0.05, 0) is 51.5 Å². The fourth-order valence-electron chi connectivity index (χ4n) is 2.27. The molecule has 6 heteroatoms. The number of carbonyl (C=O) groups is 1. The third kappa shape index (κ3) is 5.59. The zero-order valence-electron chi connectivity index (χ0n) is 14.1. The molecule has 0 saturated carbocycles. The Morgan fingerprint density at radius 1 is 1.43 bits per heavy atom. The molecule has 1 aliphatic heterocycles. The average molecular weight is 342 g/mol. The van der Waals surface area contributed by atoms with Crippen LogP contribution in [0.1, 0.15) is 26.3 Å². The van der Waals surface area contributed by atoms with Crippen LogP contribution in [0.2, 0.25) is 5.02 Å². The lowest BCUT2D eigenvalue weighted by Crippen LogP contribution is -2.49. The van der Waals surface area contributed by atoms with Crippen molar-refractivity contribution in [3.63, 3.8) is 0 Å². The SMILES string of the molecule is Cc1cc(Cl)ccc1OCC1CN(C(=O)OC(C)(C)C)CCO1. The smallest absolute Gasteiger partial charge is 0.410 e. The van der Waals surface area contributed by atoms with Crippen LogP contribution in [-0.4, -0.2) is 49.0 Å². The summed E-state index contributed by atoms with van der Waals surface area (Å²) < 4.78 is 16.9. The highest BCUT2D eigenvalue weighted by Crippen LogP contribution is 2.22. The maximum absolute atomic E-state index is 12.1. The van der Waals surface area contributed by atoms with Gasteiger partial charge in [-0.25, -0.2) is 4.79 Å². The van der Waals surface area contributed by atoms with E-state index in [2.05, 4.69) is 0 Å². The topological polar surface area (TPSA) is 48.0 Å². The van der Waals surface area contributed by atoms with Gasteiger partial charge in [0.1, 0.15) is 24.1 Å². The average Bonchev–Trinajstić information content (AvgIpc) is 2.45. The van der Waals surface area contributed by atoms with Crippen molar-refractivity contribution in [3.05, 3.63) is 28.8 Å². The van der Waals surface area contributed by atoms with Gasteiger partial charge in [0, 0.05) is 11.6 Å². The number of hydrogen-bond donors (Lipinski definition) is 0. The van der Waals surface area contributed by atoms with Gasteiger partial charge >= 0.3 is 6.09 Å². The van der Waals surface area contributed by atoms with E-state index in [1.54, 1.807) is 11.0 Å². The summed E-state index contributed by atoms with van der Waals surface area (Å²) in [6.45, 7) is 9.36. The van der Waals surface area contributed by atoms with Crippen molar-refractivity contribution in [2.75, 3.05) is 26.3 Å². The lowest BCUT2D eigenvalue weighted by Gasteiger charge is -2.34. The molecule has 0 bridgehead atoms. The van der Waals surface area contributed by atoms with Gasteiger partial charge < -0.3 is 19.1 Å². The second kappa shape index (κ2) is 7.41. The van der Waals surface area contributed by atoms with Gasteiger partial charge in [0.15, 0.2) is 0 Å². The molecule has 0 N–H and O–H groups in total. The van der Waals surface area contributed by atoms with Crippen molar-refractivity contribution in [3.8, 4) is 5.75 Å². The van der Waals surface area contributed by atoms with E-state index in [-0.39, 0.29) is 12.2 Å². The molecule has 1 fully saturated rings. The molecule has 5 nitrogen and oxygen atoms in total. The van der Waals surface area contributed by atoms with Crippen molar-refractivity contribution < 1.29 is 19.0 Å². The Bertz CT molecular complexity index is 556. The highest BCUT2D eigenvalue weighted by molar-refractivity contribution is 6.30. The molecule has 1 aliphatic rings. The molecule has 0 aromatic heterocycles. The van der Waals surface area contributed by atoms with Crippen LogP contribution in [0, 0.1) is 6.92 Å². The molecule has 1 saturated heterocycles. The van der Waals surface area contributed by atoms with E-state index in [0.29, 0.717) is 31.3 Å². The largest absolute Gasteiger partial charge is 0.491 e. The molecule has 128 valence electrons. The van der Waals surface area contributed by atoms with Crippen molar-refractivity contribution in [2.45, 2.75) is 39.4 Å². The highest BCUT2D eigenvalue weighted by atomic mass is 35.5. The Kier molecular flexibility index (Phi) is 5.76. The number of rotatable bonds is 3. The van der Waals surface area contributed by atoms with Gasteiger partial charge in [0.2, 0.25) is 0 Å². The summed E-state index contributed by atoms with van der Waals surface area (Å²) in [7, 11) is 0. The van der Waals surface area contributed by atoms with E-state index in [0.717, 1.165) is 11.3 Å². The maximum atomic E-state index is 12.1. The van der Waals surface area contributed by atoms with Crippen molar-refractivity contribution in [1.82, 2.24) is 4.90 Å². The fourth-order valence-corrected chi connectivity index (χ4v) is 2.50. The molecule has 0 spiro atoms. The van der Waals surface area contributed by atoms with Crippen LogP contribution in [0.5, 0.6) is 5.75 Å². The Morgan fingerprint density at radius 3 is 2.83 bits per heavy atom. The van der Waals surface area contributed by atoms with Crippen molar-refractivity contribution in [1.29, 1.82) is 0 Å². The Morgan fingerprint density at radius 2 is 2.17 bits per heavy atom. The van der Waals surface area contributed by atoms with Crippen LogP contribution >= 0.6 is 11.6 Å². The van der Waals surface area contributed by atoms with Crippen LogP contribution in [0.25, 0.3) is 0 Å². The standard InChI is InChI=1S/C17H24ClNO4/c1-12-9-13(18)5-6-15(12)22-11-14-10-19(7-8-21-14)16(20)23-17(2,3)4/h5-6,9,14H,7-8,10-11H2,1-4H3. The number of amides is 1. The fraction of sp³-hybridized carbons (Fsp3) is 0.588. The molecule has 1 unspecified atom stereocenters. The lowest BCUT2D eigenvalue weighted by atomic mass is 10.2. The van der Waals surface area contributed by atoms with Crippen LogP contribution in [0.15, 0.2) is 18.2 Å². The van der Waals surface area contributed by atoms with E-state index in [4.69, 9.17) is 25.8 Å². The number of halogens is 1. The number of nitrogens with zero attached hydrogens (tertiary/aromatic N) is 1. The van der Waals surface area contributed by atoms with Crippen LogP contribution in [-0.2, 0) is 9.47 Å². The Balaban J connectivity index is 1.87. The van der Waals surface area contributed by atoms with Gasteiger partial charge in [0.25, 0.3) is 0 Å². The first kappa shape index (κ1) is 17.9. The Hall–Kier alpha value is -1.46. The minimum Gasteiger partial charge on any atom is -0.491 e. The lowest BCUT2D eigenvalue weighted by molar-refractivity contribution is -0.0557. The number of morpholine rings is 1. The normalized spacial score (nSPS) is 18.7. The minimum absolute atomic E-state index is 0.175. The summed E-state index contributed by atoms with van der Waals surface area (Å²) in [5.74, 6) is 0.771. The number of carbonyl (C=O) groups excluding carboxylic acids is 1. The molecule has 1 heterocycles. The van der Waals surface area contributed by atoms with E-state index in [1.165, 1.54) is 0 Å². The summed E-state index contributed by atoms with van der Waals surface area (Å²) in [4.78, 5) is 13.8. The monoisotopic (exact) mass is 341 g/mol. The first-order chi connectivity index (χ1) is 10.7. The van der Waals surface area contributed by atoms with E-state index in [9.17, 15) is 4.79 Å². The summed E-state index contributed by atoms with van der Waals surface area (Å²) in [6.07, 6.45) is -0.486. The van der Waals surface area contributed by atoms with Crippen LogP contribution in [0.4, 0.5) is 4.79 Å². The van der Waals surface area contributed by atoms with Gasteiger partial charge in [-0.15, -0.1) is 0 Å². The van der Waals surface area contributed by atoms with E-state index < -0.39 is 5.60 Å². The number of benzene rings is 1. The summed E-state index contributed by atoms with van der Waals surface area (Å²) in [5, 5.41) is 0.680. The first-order valence-corrected chi connectivity index (χ1v) is 8.11. The van der Waals surface area contributed by atoms with Crippen molar-refractivity contribution >= 4 is 17.7 Å². The second-order valence-electron chi connectivity index (χ2n) is 6.64. The first-order valence-electron chi connectivity index (χ1n) is 7.73. The Labute approximate surface area is 142 Å². The van der Waals surface area contributed by atoms with Gasteiger partial charge in [-0.2, -0.15) is 0 Å². The zero-order valence-corrected chi connectivity index (χ0v) is 14.9. The number of hydrogen-bond acceptors (Lipinski definition) is 4. The quantitative estimate of drug-likeness (QED) is 0.841. The summed E-state index contributed by atoms with van der Waals surface area (Å²) in [6, 6.07) is 5.48. The predicted molar refractivity (Wildman–Crippen MR) is 89.2 cm³/mol. The zero-order chi connectivity index (χ0) is 17.0. The van der Waals surface area contributed by atoms with Gasteiger partial charge in [-0.3, -0.25) is 0 Å². The van der Waals surface area contributed by atoms with E-state index >= 15 is 0 Å². The van der Waals surface area contributed by atoms with Crippen LogP contribution in [0.3, 0.4) is 0 Å². The molecular weight excluding hydrogens is 318 g/mol. The predicted octanol–water partition coefficient (Wildman–Crippen LogP) is 3.66. The van der Waals surface area contributed by atoms with E-state index in [1.807, 2.05) is 39.8 Å². The second-order valence-corrected chi connectivity index (χ2v) is 7.08.